The molecule has 1 saturated heterocycles. The quantitative estimate of drug-likeness (QED) is 0.712. The zero-order valence-corrected chi connectivity index (χ0v) is 11.5. The molecule has 100 valence electrons. The molecule has 0 radical (unpaired) electrons. The molecule has 1 rings (SSSR count). The molecule has 4 nitrogen and oxygen atoms in total. The van der Waals surface area contributed by atoms with Crippen LogP contribution in [0.15, 0.2) is 0 Å². The van der Waals surface area contributed by atoms with Crippen LogP contribution < -0.4 is 5.32 Å². The predicted molar refractivity (Wildman–Crippen MR) is 68.9 cm³/mol. The molecule has 3 unspecified atom stereocenters. The molecule has 1 aliphatic rings. The maximum absolute atomic E-state index is 11.6. The summed E-state index contributed by atoms with van der Waals surface area (Å²) in [6.45, 7) is 8.97. The number of carbonyl (C=O) groups is 1. The molecule has 3 atom stereocenters. The van der Waals surface area contributed by atoms with Gasteiger partial charge in [0.1, 0.15) is 6.04 Å². The second kappa shape index (κ2) is 6.97. The Morgan fingerprint density at radius 2 is 2.24 bits per heavy atom. The van der Waals surface area contributed by atoms with E-state index in [-0.39, 0.29) is 12.0 Å². The molecule has 0 aromatic rings. The molecular formula is C13H26N2O2. The van der Waals surface area contributed by atoms with Gasteiger partial charge in [-0.1, -0.05) is 6.92 Å². The summed E-state index contributed by atoms with van der Waals surface area (Å²) < 4.78 is 5.04. The van der Waals surface area contributed by atoms with Crippen LogP contribution in [0.4, 0.5) is 0 Å². The van der Waals surface area contributed by atoms with E-state index in [9.17, 15) is 4.79 Å². The zero-order chi connectivity index (χ0) is 12.8. The Labute approximate surface area is 105 Å². The number of likely N-dealkylation sites (tertiary alicyclic amines) is 1. The van der Waals surface area contributed by atoms with E-state index >= 15 is 0 Å². The number of ether oxygens (including phenoxy) is 1. The number of carbonyl (C=O) groups excluding carboxylic acids is 1. The molecular weight excluding hydrogens is 216 g/mol. The van der Waals surface area contributed by atoms with Crippen LogP contribution in [0.3, 0.4) is 0 Å². The highest BCUT2D eigenvalue weighted by molar-refractivity contribution is 5.75. The monoisotopic (exact) mass is 242 g/mol. The third kappa shape index (κ3) is 4.28. The van der Waals surface area contributed by atoms with Crippen molar-refractivity contribution >= 4 is 5.97 Å². The van der Waals surface area contributed by atoms with Crippen molar-refractivity contribution in [3.05, 3.63) is 0 Å². The first-order valence-electron chi connectivity index (χ1n) is 6.66. The van der Waals surface area contributed by atoms with E-state index < -0.39 is 0 Å². The summed E-state index contributed by atoms with van der Waals surface area (Å²) in [5.74, 6) is 0.649. The van der Waals surface area contributed by atoms with Crippen molar-refractivity contribution in [3.63, 3.8) is 0 Å². The average Bonchev–Trinajstić information content (AvgIpc) is 2.59. The van der Waals surface area contributed by atoms with Gasteiger partial charge in [-0.25, -0.2) is 0 Å². The molecule has 1 heterocycles. The van der Waals surface area contributed by atoms with Gasteiger partial charge in [-0.3, -0.25) is 4.79 Å². The molecule has 0 aromatic heterocycles. The third-order valence-corrected chi connectivity index (χ3v) is 3.54. The first-order valence-corrected chi connectivity index (χ1v) is 6.66. The lowest BCUT2D eigenvalue weighted by molar-refractivity contribution is -0.145. The molecule has 1 fully saturated rings. The van der Waals surface area contributed by atoms with Crippen LogP contribution in [-0.4, -0.2) is 49.7 Å². The minimum atomic E-state index is -0.168. The van der Waals surface area contributed by atoms with E-state index in [1.807, 2.05) is 14.0 Å². The van der Waals surface area contributed by atoms with Gasteiger partial charge in [0.15, 0.2) is 0 Å². The topological polar surface area (TPSA) is 41.6 Å². The summed E-state index contributed by atoms with van der Waals surface area (Å²) in [4.78, 5) is 14.1. The fraction of sp³-hybridized carbons (Fsp3) is 0.923. The SMILES string of the molecule is CCOC(=O)C(CCN1CC(C)CC1C)NC. The van der Waals surface area contributed by atoms with Crippen molar-refractivity contribution in [2.75, 3.05) is 26.7 Å². The lowest BCUT2D eigenvalue weighted by Crippen LogP contribution is -2.40. The highest BCUT2D eigenvalue weighted by atomic mass is 16.5. The molecule has 0 saturated carbocycles. The average molecular weight is 242 g/mol. The minimum absolute atomic E-state index is 0.130. The minimum Gasteiger partial charge on any atom is -0.465 e. The molecule has 17 heavy (non-hydrogen) atoms. The van der Waals surface area contributed by atoms with Gasteiger partial charge in [-0.15, -0.1) is 0 Å². The van der Waals surface area contributed by atoms with Gasteiger partial charge in [0.25, 0.3) is 0 Å². The Hall–Kier alpha value is -0.610. The second-order valence-electron chi connectivity index (χ2n) is 5.07. The van der Waals surface area contributed by atoms with Crippen molar-refractivity contribution in [1.29, 1.82) is 0 Å². The predicted octanol–water partition coefficient (Wildman–Crippen LogP) is 1.26. The van der Waals surface area contributed by atoms with E-state index in [1.54, 1.807) is 0 Å². The zero-order valence-electron chi connectivity index (χ0n) is 11.5. The normalized spacial score (nSPS) is 27.1. The summed E-state index contributed by atoms with van der Waals surface area (Å²) in [5, 5.41) is 3.04. The second-order valence-corrected chi connectivity index (χ2v) is 5.07. The summed E-state index contributed by atoms with van der Waals surface area (Å²) >= 11 is 0. The number of rotatable bonds is 6. The van der Waals surface area contributed by atoms with Crippen molar-refractivity contribution in [3.8, 4) is 0 Å². The molecule has 0 amide bonds. The molecule has 1 N–H and O–H groups in total. The summed E-state index contributed by atoms with van der Waals surface area (Å²) in [7, 11) is 1.82. The van der Waals surface area contributed by atoms with E-state index in [1.165, 1.54) is 6.42 Å². The van der Waals surface area contributed by atoms with Gasteiger partial charge in [0, 0.05) is 19.1 Å². The molecule has 0 aliphatic carbocycles. The van der Waals surface area contributed by atoms with Crippen LogP contribution in [0.1, 0.15) is 33.6 Å². The fourth-order valence-electron chi connectivity index (χ4n) is 2.62. The molecule has 4 heteroatoms. The van der Waals surface area contributed by atoms with Crippen molar-refractivity contribution in [2.45, 2.75) is 45.7 Å². The van der Waals surface area contributed by atoms with Crippen LogP contribution in [0.5, 0.6) is 0 Å². The number of nitrogens with zero attached hydrogens (tertiary/aromatic N) is 1. The van der Waals surface area contributed by atoms with Gasteiger partial charge in [-0.05, 0) is 39.7 Å². The lowest BCUT2D eigenvalue weighted by atomic mass is 10.1. The Morgan fingerprint density at radius 3 is 2.71 bits per heavy atom. The van der Waals surface area contributed by atoms with E-state index in [0.29, 0.717) is 12.6 Å². The van der Waals surface area contributed by atoms with Crippen molar-refractivity contribution in [1.82, 2.24) is 10.2 Å². The molecule has 0 bridgehead atoms. The highest BCUT2D eigenvalue weighted by Gasteiger charge is 2.27. The molecule has 1 aliphatic heterocycles. The van der Waals surface area contributed by atoms with Gasteiger partial charge in [-0.2, -0.15) is 0 Å². The Bertz CT molecular complexity index is 246. The number of nitrogens with one attached hydrogen (secondary N) is 1. The maximum Gasteiger partial charge on any atom is 0.323 e. The number of likely N-dealkylation sites (N-methyl/N-ethyl adjacent to an activating group) is 1. The van der Waals surface area contributed by atoms with Crippen molar-refractivity contribution < 1.29 is 9.53 Å². The van der Waals surface area contributed by atoms with E-state index in [0.717, 1.165) is 25.4 Å². The summed E-state index contributed by atoms with van der Waals surface area (Å²) in [6, 6.07) is 0.475. The first kappa shape index (κ1) is 14.5. The van der Waals surface area contributed by atoms with Gasteiger partial charge >= 0.3 is 5.97 Å². The smallest absolute Gasteiger partial charge is 0.323 e. The Balaban J connectivity index is 2.34. The fourth-order valence-corrected chi connectivity index (χ4v) is 2.62. The Morgan fingerprint density at radius 1 is 1.53 bits per heavy atom. The number of hydrogen-bond donors (Lipinski definition) is 1. The largest absolute Gasteiger partial charge is 0.465 e. The number of esters is 1. The summed E-state index contributed by atoms with van der Waals surface area (Å²) in [5.41, 5.74) is 0. The number of hydrogen-bond acceptors (Lipinski definition) is 4. The van der Waals surface area contributed by atoms with Crippen molar-refractivity contribution in [2.24, 2.45) is 5.92 Å². The molecule has 0 aromatic carbocycles. The first-order chi connectivity index (χ1) is 8.08. The maximum atomic E-state index is 11.6. The lowest BCUT2D eigenvalue weighted by Gasteiger charge is -2.23. The highest BCUT2D eigenvalue weighted by Crippen LogP contribution is 2.22. The Kier molecular flexibility index (Phi) is 5.92. The third-order valence-electron chi connectivity index (χ3n) is 3.54. The van der Waals surface area contributed by atoms with E-state index in [2.05, 4.69) is 24.1 Å². The van der Waals surface area contributed by atoms with Crippen LogP contribution in [0, 0.1) is 5.92 Å². The van der Waals surface area contributed by atoms with Gasteiger partial charge < -0.3 is 15.0 Å². The van der Waals surface area contributed by atoms with Crippen LogP contribution >= 0.6 is 0 Å². The van der Waals surface area contributed by atoms with Crippen LogP contribution in [-0.2, 0) is 9.53 Å². The summed E-state index contributed by atoms with van der Waals surface area (Å²) in [6.07, 6.45) is 2.09. The standard InChI is InChI=1S/C13H26N2O2/c1-5-17-13(16)12(14-4)6-7-15-9-10(2)8-11(15)3/h10-12,14H,5-9H2,1-4H3. The van der Waals surface area contributed by atoms with Gasteiger partial charge in [0.05, 0.1) is 6.61 Å². The van der Waals surface area contributed by atoms with Crippen LogP contribution in [0.2, 0.25) is 0 Å². The van der Waals surface area contributed by atoms with Crippen LogP contribution in [0.25, 0.3) is 0 Å². The van der Waals surface area contributed by atoms with Gasteiger partial charge in [0.2, 0.25) is 0 Å². The van der Waals surface area contributed by atoms with E-state index in [4.69, 9.17) is 4.74 Å². The molecule has 0 spiro atoms.